The molecule has 10 heteroatoms. The van der Waals surface area contributed by atoms with E-state index in [0.29, 0.717) is 46.0 Å². The van der Waals surface area contributed by atoms with E-state index in [0.717, 1.165) is 37.0 Å². The number of benzene rings is 3. The van der Waals surface area contributed by atoms with Crippen molar-refractivity contribution < 1.29 is 23.4 Å². The molecule has 1 aliphatic rings. The van der Waals surface area contributed by atoms with Gasteiger partial charge in [0.25, 0.3) is 0 Å². The molecule has 0 radical (unpaired) electrons. The Kier molecular flexibility index (Phi) is 9.68. The molecule has 224 valence electrons. The molecule has 1 saturated heterocycles. The van der Waals surface area contributed by atoms with Gasteiger partial charge in [-0.25, -0.2) is 9.18 Å². The Labute approximate surface area is 250 Å². The van der Waals surface area contributed by atoms with Crippen LogP contribution in [0.3, 0.4) is 0 Å². The van der Waals surface area contributed by atoms with Gasteiger partial charge in [0.15, 0.2) is 23.1 Å². The van der Waals surface area contributed by atoms with Crippen LogP contribution in [0.4, 0.5) is 14.9 Å². The highest BCUT2D eigenvalue weighted by Gasteiger charge is 2.17. The molecule has 2 heterocycles. The molecule has 4 aromatic rings. The van der Waals surface area contributed by atoms with Crippen LogP contribution in [0.5, 0.6) is 23.0 Å². The molecule has 0 saturated carbocycles. The van der Waals surface area contributed by atoms with Crippen LogP contribution in [0.2, 0.25) is 0 Å². The average Bonchev–Trinajstić information content (AvgIpc) is 3.01. The predicted octanol–water partition coefficient (Wildman–Crippen LogP) is 6.59. The fourth-order valence-electron chi connectivity index (χ4n) is 4.99. The number of para-hydroxylation sites is 1. The number of likely N-dealkylation sites (tertiary alicyclic amines) is 1. The summed E-state index contributed by atoms with van der Waals surface area (Å²) in [6.45, 7) is 6.17. The summed E-state index contributed by atoms with van der Waals surface area (Å²) in [4.78, 5) is 18.8. The fourth-order valence-corrected chi connectivity index (χ4v) is 4.99. The first-order valence-corrected chi connectivity index (χ1v) is 14.4. The van der Waals surface area contributed by atoms with E-state index in [1.807, 2.05) is 12.1 Å². The SMILES string of the molecule is COc1cc2c(Oc3ccc(C=NN(C(N)=O)c4ccccc4)cc3F)ccnc2cc1OCCCN1CCC(C)CC1. The van der Waals surface area contributed by atoms with E-state index in [4.69, 9.17) is 19.9 Å². The van der Waals surface area contributed by atoms with Crippen LogP contribution in [0.25, 0.3) is 10.9 Å². The van der Waals surface area contributed by atoms with Crippen LogP contribution in [-0.2, 0) is 0 Å². The number of ether oxygens (including phenoxy) is 3. The Morgan fingerprint density at radius 3 is 2.58 bits per heavy atom. The number of anilines is 1. The van der Waals surface area contributed by atoms with Crippen molar-refractivity contribution in [3.63, 3.8) is 0 Å². The number of fused-ring (bicyclic) bond motifs is 1. The molecule has 1 aromatic heterocycles. The molecule has 1 fully saturated rings. The lowest BCUT2D eigenvalue weighted by atomic mass is 9.99. The molecule has 0 aliphatic carbocycles. The number of piperidine rings is 1. The van der Waals surface area contributed by atoms with Gasteiger partial charge in [0.05, 0.1) is 31.1 Å². The van der Waals surface area contributed by atoms with E-state index in [2.05, 4.69) is 21.9 Å². The first-order valence-electron chi connectivity index (χ1n) is 14.4. The summed E-state index contributed by atoms with van der Waals surface area (Å²) in [6, 6.07) is 17.6. The Bertz CT molecular complexity index is 1570. The van der Waals surface area contributed by atoms with E-state index >= 15 is 4.39 Å². The number of hydrazone groups is 1. The smallest absolute Gasteiger partial charge is 0.340 e. The summed E-state index contributed by atoms with van der Waals surface area (Å²) in [6.07, 6.45) is 6.38. The van der Waals surface area contributed by atoms with E-state index in [1.165, 1.54) is 31.2 Å². The molecular weight excluding hydrogens is 549 g/mol. The third kappa shape index (κ3) is 7.58. The topological polar surface area (TPSA) is 103 Å². The van der Waals surface area contributed by atoms with Crippen LogP contribution >= 0.6 is 0 Å². The number of carbonyl (C=O) groups excluding carboxylic acids is 1. The number of amides is 2. The van der Waals surface area contributed by atoms with Crippen molar-refractivity contribution in [3.8, 4) is 23.0 Å². The van der Waals surface area contributed by atoms with Crippen LogP contribution in [-0.4, -0.2) is 55.5 Å². The van der Waals surface area contributed by atoms with Crippen LogP contribution in [0.15, 0.2) is 78.0 Å². The van der Waals surface area contributed by atoms with E-state index in [1.54, 1.807) is 55.8 Å². The highest BCUT2D eigenvalue weighted by Crippen LogP contribution is 2.37. The standard InChI is InChI=1S/C33H36FN5O4/c1-23-12-16-38(17-13-23)15-6-18-42-32-21-28-26(20-31(32)41-2)29(11-14-36-28)43-30-10-9-24(19-27(30)34)22-37-39(33(35)40)25-7-4-3-5-8-25/h3-5,7-11,14,19-23H,6,12-13,15-18H2,1-2H3,(H2,35,40). The second-order valence-electron chi connectivity index (χ2n) is 10.6. The number of carbonyl (C=O) groups is 1. The second kappa shape index (κ2) is 14.0. The van der Waals surface area contributed by atoms with Gasteiger partial charge < -0.3 is 24.8 Å². The lowest BCUT2D eigenvalue weighted by Gasteiger charge is -2.30. The molecule has 0 atom stereocenters. The molecule has 0 unspecified atom stereocenters. The largest absolute Gasteiger partial charge is 0.493 e. The maximum absolute atomic E-state index is 15.1. The maximum atomic E-state index is 15.1. The summed E-state index contributed by atoms with van der Waals surface area (Å²) >= 11 is 0. The predicted molar refractivity (Wildman–Crippen MR) is 166 cm³/mol. The third-order valence-corrected chi connectivity index (χ3v) is 7.45. The zero-order valence-electron chi connectivity index (χ0n) is 24.4. The quantitative estimate of drug-likeness (QED) is 0.121. The highest BCUT2D eigenvalue weighted by molar-refractivity contribution is 5.93. The van der Waals surface area contributed by atoms with Crippen LogP contribution in [0.1, 0.15) is 31.7 Å². The number of primary amides is 1. The minimum Gasteiger partial charge on any atom is -0.493 e. The molecule has 0 spiro atoms. The monoisotopic (exact) mass is 585 g/mol. The maximum Gasteiger partial charge on any atom is 0.340 e. The van der Waals surface area contributed by atoms with Gasteiger partial charge in [0.2, 0.25) is 0 Å². The van der Waals surface area contributed by atoms with Gasteiger partial charge in [-0.2, -0.15) is 10.1 Å². The summed E-state index contributed by atoms with van der Waals surface area (Å²) < 4.78 is 32.8. The van der Waals surface area contributed by atoms with Crippen molar-refractivity contribution in [2.45, 2.75) is 26.2 Å². The van der Waals surface area contributed by atoms with Crippen molar-refractivity contribution in [1.82, 2.24) is 9.88 Å². The van der Waals surface area contributed by atoms with E-state index in [9.17, 15) is 4.79 Å². The molecule has 2 amide bonds. The lowest BCUT2D eigenvalue weighted by molar-refractivity contribution is 0.176. The van der Waals surface area contributed by atoms with Crippen LogP contribution in [0, 0.1) is 11.7 Å². The summed E-state index contributed by atoms with van der Waals surface area (Å²) in [5.41, 5.74) is 7.01. The fraction of sp³-hybridized carbons (Fsp3) is 0.303. The number of methoxy groups -OCH3 is 1. The molecular formula is C33H36FN5O4. The summed E-state index contributed by atoms with van der Waals surface area (Å²) in [5.74, 6) is 1.79. The number of nitrogens with two attached hydrogens (primary N) is 1. The minimum atomic E-state index is -0.761. The number of aromatic nitrogens is 1. The van der Waals surface area contributed by atoms with Crippen molar-refractivity contribution in [2.75, 3.05) is 38.4 Å². The molecule has 5 rings (SSSR count). The van der Waals surface area contributed by atoms with Crippen molar-refractivity contribution in [1.29, 1.82) is 0 Å². The highest BCUT2D eigenvalue weighted by atomic mass is 19.1. The van der Waals surface area contributed by atoms with Gasteiger partial charge in [0, 0.05) is 24.2 Å². The van der Waals surface area contributed by atoms with Gasteiger partial charge >= 0.3 is 6.03 Å². The van der Waals surface area contributed by atoms with Crippen molar-refractivity contribution in [3.05, 3.63) is 84.3 Å². The van der Waals surface area contributed by atoms with E-state index in [-0.39, 0.29) is 5.75 Å². The third-order valence-electron chi connectivity index (χ3n) is 7.45. The first-order chi connectivity index (χ1) is 20.9. The number of pyridine rings is 1. The molecule has 9 nitrogen and oxygen atoms in total. The molecule has 1 aliphatic heterocycles. The van der Waals surface area contributed by atoms with Gasteiger partial charge in [0.1, 0.15) is 5.75 Å². The minimum absolute atomic E-state index is 0.0193. The molecule has 2 N–H and O–H groups in total. The number of hydrogen-bond acceptors (Lipinski definition) is 7. The Hall–Kier alpha value is -4.70. The normalized spacial score (nSPS) is 14.2. The number of hydrogen-bond donors (Lipinski definition) is 1. The summed E-state index contributed by atoms with van der Waals surface area (Å²) in [5, 5.41) is 5.82. The molecule has 3 aromatic carbocycles. The Morgan fingerprint density at radius 1 is 1.07 bits per heavy atom. The van der Waals surface area contributed by atoms with Gasteiger partial charge in [-0.05, 0) is 86.3 Å². The zero-order valence-corrected chi connectivity index (χ0v) is 24.4. The average molecular weight is 586 g/mol. The van der Waals surface area contributed by atoms with Gasteiger partial charge in [-0.1, -0.05) is 25.1 Å². The van der Waals surface area contributed by atoms with Crippen LogP contribution < -0.4 is 25.0 Å². The summed E-state index contributed by atoms with van der Waals surface area (Å²) in [7, 11) is 1.58. The first kappa shape index (κ1) is 29.8. The van der Waals surface area contributed by atoms with Crippen molar-refractivity contribution >= 4 is 28.8 Å². The molecule has 0 bridgehead atoms. The Morgan fingerprint density at radius 2 is 1.86 bits per heavy atom. The second-order valence-corrected chi connectivity index (χ2v) is 10.6. The Balaban J connectivity index is 1.27. The number of urea groups is 1. The number of rotatable bonds is 11. The molecule has 43 heavy (non-hydrogen) atoms. The number of nitrogens with zero attached hydrogens (tertiary/aromatic N) is 4. The van der Waals surface area contributed by atoms with Gasteiger partial charge in [-0.15, -0.1) is 0 Å². The zero-order chi connectivity index (χ0) is 30.2. The van der Waals surface area contributed by atoms with Crippen molar-refractivity contribution in [2.24, 2.45) is 16.8 Å². The van der Waals surface area contributed by atoms with E-state index < -0.39 is 11.8 Å². The lowest BCUT2D eigenvalue weighted by Crippen LogP contribution is -2.34. The number of halogens is 1. The van der Waals surface area contributed by atoms with Gasteiger partial charge in [-0.3, -0.25) is 4.98 Å².